The molecule has 2 heterocycles. The first kappa shape index (κ1) is 11.6. The summed E-state index contributed by atoms with van der Waals surface area (Å²) in [4.78, 5) is 13.3. The molecule has 0 saturated heterocycles. The van der Waals surface area contributed by atoms with Crippen molar-refractivity contribution < 1.29 is 0 Å². The smallest absolute Gasteiger partial charge is 0.161 e. The van der Waals surface area contributed by atoms with E-state index in [1.165, 1.54) is 0 Å². The van der Waals surface area contributed by atoms with Crippen LogP contribution in [0.3, 0.4) is 0 Å². The highest BCUT2D eigenvalue weighted by Gasteiger charge is 2.19. The Hall–Kier alpha value is -1.48. The van der Waals surface area contributed by atoms with Gasteiger partial charge >= 0.3 is 0 Å². The maximum absolute atomic E-state index is 6.25. The van der Waals surface area contributed by atoms with E-state index in [0.29, 0.717) is 5.15 Å². The highest BCUT2D eigenvalue weighted by atomic mass is 35.5. The first-order valence-electron chi connectivity index (χ1n) is 6.28. The number of fused-ring (bicyclic) bond motifs is 1. The van der Waals surface area contributed by atoms with Crippen molar-refractivity contribution in [2.45, 2.75) is 32.6 Å². The molecule has 0 atom stereocenters. The predicted octanol–water partition coefficient (Wildman–Crippen LogP) is 3.24. The Morgan fingerprint density at radius 3 is 3.00 bits per heavy atom. The van der Waals surface area contributed by atoms with Crippen molar-refractivity contribution in [2.24, 2.45) is 0 Å². The normalized spacial score (nSPS) is 13.7. The summed E-state index contributed by atoms with van der Waals surface area (Å²) in [6, 6.07) is 1.96. The van der Waals surface area contributed by atoms with Crippen LogP contribution >= 0.6 is 11.6 Å². The summed E-state index contributed by atoms with van der Waals surface area (Å²) >= 11 is 6.25. The van der Waals surface area contributed by atoms with Crippen LogP contribution in [-0.4, -0.2) is 15.0 Å². The van der Waals surface area contributed by atoms with Gasteiger partial charge in [-0.2, -0.15) is 0 Å². The Labute approximate surface area is 111 Å². The highest BCUT2D eigenvalue weighted by Crippen LogP contribution is 2.29. The van der Waals surface area contributed by atoms with E-state index in [0.717, 1.165) is 53.9 Å². The first-order chi connectivity index (χ1) is 8.79. The highest BCUT2D eigenvalue weighted by molar-refractivity contribution is 6.30. The summed E-state index contributed by atoms with van der Waals surface area (Å²) in [6.07, 6.45) is 7.72. The molecule has 1 aliphatic rings. The number of aryl methyl sites for hydroxylation is 2. The van der Waals surface area contributed by atoms with Gasteiger partial charge in [0.1, 0.15) is 5.15 Å². The van der Waals surface area contributed by atoms with Crippen LogP contribution < -0.4 is 0 Å². The van der Waals surface area contributed by atoms with Gasteiger partial charge in [-0.1, -0.05) is 18.5 Å². The minimum atomic E-state index is 0.617. The molecule has 0 aromatic carbocycles. The lowest BCUT2D eigenvalue weighted by Gasteiger charge is -2.08. The van der Waals surface area contributed by atoms with E-state index in [1.54, 1.807) is 6.20 Å². The molecular weight excluding hydrogens is 246 g/mol. The van der Waals surface area contributed by atoms with Crippen molar-refractivity contribution in [2.75, 3.05) is 0 Å². The summed E-state index contributed by atoms with van der Waals surface area (Å²) in [5.74, 6) is 0.736. The fourth-order valence-corrected chi connectivity index (χ4v) is 2.72. The van der Waals surface area contributed by atoms with Crippen LogP contribution in [0, 0.1) is 0 Å². The van der Waals surface area contributed by atoms with Crippen molar-refractivity contribution in [3.8, 4) is 11.4 Å². The molecule has 0 aliphatic heterocycles. The molecule has 0 saturated carbocycles. The van der Waals surface area contributed by atoms with Crippen LogP contribution in [0.5, 0.6) is 0 Å². The molecule has 0 N–H and O–H groups in total. The Bertz CT molecular complexity index is 596. The molecule has 0 spiro atoms. The number of halogens is 1. The summed E-state index contributed by atoms with van der Waals surface area (Å²) < 4.78 is 0. The maximum Gasteiger partial charge on any atom is 0.161 e. The van der Waals surface area contributed by atoms with Crippen molar-refractivity contribution in [1.82, 2.24) is 15.0 Å². The molecule has 92 valence electrons. The minimum absolute atomic E-state index is 0.617. The molecule has 1 aliphatic carbocycles. The second kappa shape index (κ2) is 4.65. The van der Waals surface area contributed by atoms with E-state index in [-0.39, 0.29) is 0 Å². The van der Waals surface area contributed by atoms with Crippen molar-refractivity contribution in [1.29, 1.82) is 0 Å². The van der Waals surface area contributed by atoms with Crippen molar-refractivity contribution in [3.63, 3.8) is 0 Å². The van der Waals surface area contributed by atoms with Gasteiger partial charge in [-0.3, -0.25) is 4.98 Å². The number of hydrogen-bond donors (Lipinski definition) is 0. The quantitative estimate of drug-likeness (QED) is 0.777. The van der Waals surface area contributed by atoms with Gasteiger partial charge in [-0.25, -0.2) is 9.97 Å². The third-order valence-electron chi connectivity index (χ3n) is 3.41. The second-order valence-corrected chi connectivity index (χ2v) is 4.86. The van der Waals surface area contributed by atoms with Gasteiger partial charge in [-0.15, -0.1) is 0 Å². The van der Waals surface area contributed by atoms with Gasteiger partial charge in [0.15, 0.2) is 5.82 Å². The van der Waals surface area contributed by atoms with Crippen molar-refractivity contribution in [3.05, 3.63) is 40.4 Å². The van der Waals surface area contributed by atoms with Gasteiger partial charge in [0.2, 0.25) is 0 Å². The van der Waals surface area contributed by atoms with Crippen LogP contribution in [0.2, 0.25) is 5.15 Å². The Kier molecular flexibility index (Phi) is 3.00. The Morgan fingerprint density at radius 2 is 2.17 bits per heavy atom. The fourth-order valence-electron chi connectivity index (χ4n) is 2.43. The molecule has 4 heteroatoms. The number of rotatable bonds is 2. The van der Waals surface area contributed by atoms with E-state index >= 15 is 0 Å². The lowest BCUT2D eigenvalue weighted by atomic mass is 10.1. The third-order valence-corrected chi connectivity index (χ3v) is 3.72. The third kappa shape index (κ3) is 1.89. The number of pyridine rings is 1. The van der Waals surface area contributed by atoms with E-state index < -0.39 is 0 Å². The second-order valence-electron chi connectivity index (χ2n) is 4.50. The van der Waals surface area contributed by atoms with E-state index in [4.69, 9.17) is 11.6 Å². The van der Waals surface area contributed by atoms with Gasteiger partial charge < -0.3 is 0 Å². The molecule has 0 fully saturated rings. The molecule has 0 bridgehead atoms. The van der Waals surface area contributed by atoms with Gasteiger partial charge in [0.25, 0.3) is 0 Å². The lowest BCUT2D eigenvalue weighted by Crippen LogP contribution is -1.99. The fraction of sp³-hybridized carbons (Fsp3) is 0.357. The summed E-state index contributed by atoms with van der Waals surface area (Å²) in [5, 5.41) is 0.617. The Balaban J connectivity index is 2.15. The van der Waals surface area contributed by atoms with E-state index in [9.17, 15) is 0 Å². The lowest BCUT2D eigenvalue weighted by molar-refractivity contribution is 0.899. The van der Waals surface area contributed by atoms with Crippen LogP contribution in [0.15, 0.2) is 18.5 Å². The zero-order chi connectivity index (χ0) is 12.5. The molecule has 3 rings (SSSR count). The van der Waals surface area contributed by atoms with Crippen molar-refractivity contribution >= 4 is 11.6 Å². The molecule has 2 aromatic rings. The van der Waals surface area contributed by atoms with E-state index in [1.807, 2.05) is 12.3 Å². The largest absolute Gasteiger partial charge is 0.264 e. The molecular formula is C14H14ClN3. The van der Waals surface area contributed by atoms with Gasteiger partial charge in [-0.05, 0) is 37.3 Å². The molecule has 0 amide bonds. The molecule has 0 radical (unpaired) electrons. The molecule has 18 heavy (non-hydrogen) atoms. The molecule has 0 unspecified atom stereocenters. The van der Waals surface area contributed by atoms with Gasteiger partial charge in [0, 0.05) is 29.2 Å². The standard InChI is InChI=1S/C14H14ClN3/c1-2-9-8-16-7-6-10(9)14-17-12-5-3-4-11(12)13(15)18-14/h6-8H,2-5H2,1H3. The number of nitrogens with zero attached hydrogens (tertiary/aromatic N) is 3. The van der Waals surface area contributed by atoms with E-state index in [2.05, 4.69) is 21.9 Å². The average molecular weight is 260 g/mol. The first-order valence-corrected chi connectivity index (χ1v) is 6.66. The molecule has 2 aromatic heterocycles. The topological polar surface area (TPSA) is 38.7 Å². The average Bonchev–Trinajstić information content (AvgIpc) is 2.87. The zero-order valence-electron chi connectivity index (χ0n) is 10.3. The monoisotopic (exact) mass is 259 g/mol. The minimum Gasteiger partial charge on any atom is -0.264 e. The maximum atomic E-state index is 6.25. The van der Waals surface area contributed by atoms with Crippen LogP contribution in [-0.2, 0) is 19.3 Å². The van der Waals surface area contributed by atoms with Crippen LogP contribution in [0.25, 0.3) is 11.4 Å². The summed E-state index contributed by atoms with van der Waals surface area (Å²) in [5.41, 5.74) is 4.45. The number of aromatic nitrogens is 3. The van der Waals surface area contributed by atoms with Crippen LogP contribution in [0.4, 0.5) is 0 Å². The number of hydrogen-bond acceptors (Lipinski definition) is 3. The van der Waals surface area contributed by atoms with Crippen LogP contribution in [0.1, 0.15) is 30.2 Å². The summed E-state index contributed by atoms with van der Waals surface area (Å²) in [7, 11) is 0. The SMILES string of the molecule is CCc1cnccc1-c1nc(Cl)c2c(n1)CCC2. The zero-order valence-corrected chi connectivity index (χ0v) is 11.0. The Morgan fingerprint density at radius 1 is 1.28 bits per heavy atom. The predicted molar refractivity (Wildman–Crippen MR) is 71.7 cm³/mol. The summed E-state index contributed by atoms with van der Waals surface area (Å²) in [6.45, 7) is 2.11. The van der Waals surface area contributed by atoms with Gasteiger partial charge in [0.05, 0.1) is 0 Å². The molecule has 3 nitrogen and oxygen atoms in total.